The lowest BCUT2D eigenvalue weighted by atomic mass is 10.1. The second-order valence-corrected chi connectivity index (χ2v) is 3.01. The highest BCUT2D eigenvalue weighted by atomic mass is 16.5. The first kappa shape index (κ1) is 13.0. The lowest BCUT2D eigenvalue weighted by molar-refractivity contribution is -0.138. The van der Waals surface area contributed by atoms with E-state index < -0.39 is 11.8 Å². The number of rotatable bonds is 6. The number of esters is 1. The average molecular weight is 238 g/mol. The molecule has 0 N–H and O–H groups in total. The van der Waals surface area contributed by atoms with E-state index in [0.29, 0.717) is 6.61 Å². The maximum atomic E-state index is 11.9. The van der Waals surface area contributed by atoms with Gasteiger partial charge in [0, 0.05) is 0 Å². The van der Waals surface area contributed by atoms with Crippen LogP contribution in [0.1, 0.15) is 24.4 Å². The summed E-state index contributed by atoms with van der Waals surface area (Å²) >= 11 is 0. The number of carbonyl (C=O) groups is 2. The summed E-state index contributed by atoms with van der Waals surface area (Å²) in [4.78, 5) is 23.4. The number of ketones is 1. The van der Waals surface area contributed by atoms with Crippen molar-refractivity contribution in [2.24, 2.45) is 0 Å². The Morgan fingerprint density at radius 2 is 2.12 bits per heavy atom. The molecule has 1 aromatic rings. The predicted octanol–water partition coefficient (Wildman–Crippen LogP) is 1.95. The van der Waals surface area contributed by atoms with Gasteiger partial charge in [-0.1, -0.05) is 0 Å². The van der Waals surface area contributed by atoms with Crippen molar-refractivity contribution in [3.05, 3.63) is 36.0 Å². The summed E-state index contributed by atoms with van der Waals surface area (Å²) in [6.45, 7) is 3.95. The molecule has 0 radical (unpaired) electrons. The molecule has 0 bridgehead atoms. The fraction of sp³-hybridized carbons (Fsp3) is 0.333. The van der Waals surface area contributed by atoms with Gasteiger partial charge in [-0.15, -0.1) is 0 Å². The number of hydrogen-bond acceptors (Lipinski definition) is 5. The summed E-state index contributed by atoms with van der Waals surface area (Å²) < 4.78 is 14.7. The molecule has 0 aliphatic heterocycles. The Balaban J connectivity index is 2.90. The van der Waals surface area contributed by atoms with Gasteiger partial charge in [0.2, 0.25) is 5.78 Å². The third-order valence-electron chi connectivity index (χ3n) is 1.85. The largest absolute Gasteiger partial charge is 0.500 e. The highest BCUT2D eigenvalue weighted by molar-refractivity contribution is 6.23. The normalized spacial score (nSPS) is 11.1. The summed E-state index contributed by atoms with van der Waals surface area (Å²) in [6, 6.07) is 3.04. The number of carbonyl (C=O) groups excluding carboxylic acids is 2. The average Bonchev–Trinajstić information content (AvgIpc) is 2.83. The molecule has 17 heavy (non-hydrogen) atoms. The van der Waals surface area contributed by atoms with Crippen molar-refractivity contribution >= 4 is 11.8 Å². The van der Waals surface area contributed by atoms with Crippen LogP contribution in [0, 0.1) is 0 Å². The quantitative estimate of drug-likeness (QED) is 0.189. The van der Waals surface area contributed by atoms with Gasteiger partial charge in [0.05, 0.1) is 19.5 Å². The van der Waals surface area contributed by atoms with Crippen molar-refractivity contribution < 1.29 is 23.5 Å². The van der Waals surface area contributed by atoms with Crippen molar-refractivity contribution in [3.63, 3.8) is 0 Å². The van der Waals surface area contributed by atoms with E-state index in [-0.39, 0.29) is 17.9 Å². The topological polar surface area (TPSA) is 65.7 Å². The molecule has 0 aliphatic carbocycles. The molecule has 0 fully saturated rings. The fourth-order valence-corrected chi connectivity index (χ4v) is 1.11. The summed E-state index contributed by atoms with van der Waals surface area (Å²) in [5, 5.41) is 0. The smallest absolute Gasteiger partial charge is 0.345 e. The molecule has 0 atom stereocenters. The van der Waals surface area contributed by atoms with Crippen LogP contribution >= 0.6 is 0 Å². The van der Waals surface area contributed by atoms with E-state index in [1.165, 1.54) is 12.3 Å². The Morgan fingerprint density at radius 1 is 1.35 bits per heavy atom. The SMILES string of the molecule is CCO/C=C(\C(=O)OCC)C(=O)c1ccco1. The van der Waals surface area contributed by atoms with Crippen LogP contribution in [0.25, 0.3) is 0 Å². The van der Waals surface area contributed by atoms with Crippen molar-refractivity contribution in [3.8, 4) is 0 Å². The first-order valence-electron chi connectivity index (χ1n) is 5.27. The van der Waals surface area contributed by atoms with Crippen LogP contribution in [0.2, 0.25) is 0 Å². The Morgan fingerprint density at radius 3 is 2.65 bits per heavy atom. The molecule has 5 heteroatoms. The summed E-state index contributed by atoms with van der Waals surface area (Å²) in [6.07, 6.45) is 2.46. The molecule has 5 nitrogen and oxygen atoms in total. The van der Waals surface area contributed by atoms with Gasteiger partial charge in [0.15, 0.2) is 5.76 Å². The lowest BCUT2D eigenvalue weighted by Crippen LogP contribution is -2.16. The van der Waals surface area contributed by atoms with Gasteiger partial charge in [-0.3, -0.25) is 4.79 Å². The zero-order valence-electron chi connectivity index (χ0n) is 9.76. The van der Waals surface area contributed by atoms with Gasteiger partial charge in [-0.25, -0.2) is 4.79 Å². The van der Waals surface area contributed by atoms with Crippen molar-refractivity contribution in [1.82, 2.24) is 0 Å². The van der Waals surface area contributed by atoms with Crippen molar-refractivity contribution in [2.75, 3.05) is 13.2 Å². The van der Waals surface area contributed by atoms with Crippen molar-refractivity contribution in [1.29, 1.82) is 0 Å². The lowest BCUT2D eigenvalue weighted by Gasteiger charge is -2.04. The van der Waals surface area contributed by atoms with Gasteiger partial charge in [0.25, 0.3) is 0 Å². The highest BCUT2D eigenvalue weighted by Gasteiger charge is 2.23. The molecule has 1 aromatic heterocycles. The summed E-state index contributed by atoms with van der Waals surface area (Å²) in [5.74, 6) is -1.20. The van der Waals surface area contributed by atoms with Crippen molar-refractivity contribution in [2.45, 2.75) is 13.8 Å². The standard InChI is InChI=1S/C12H14O5/c1-3-15-8-9(12(14)16-4-2)11(13)10-6-5-7-17-10/h5-8H,3-4H2,1-2H3/b9-8-. The zero-order valence-corrected chi connectivity index (χ0v) is 9.76. The van der Waals surface area contributed by atoms with E-state index in [2.05, 4.69) is 0 Å². The fourth-order valence-electron chi connectivity index (χ4n) is 1.11. The molecule has 0 amide bonds. The maximum absolute atomic E-state index is 11.9. The molecule has 0 aliphatic rings. The van der Waals surface area contributed by atoms with Crippen LogP contribution in [-0.4, -0.2) is 25.0 Å². The zero-order chi connectivity index (χ0) is 12.7. The minimum absolute atomic E-state index is 0.0732. The van der Waals surface area contributed by atoms with E-state index in [4.69, 9.17) is 13.9 Å². The van der Waals surface area contributed by atoms with Crippen LogP contribution in [0.5, 0.6) is 0 Å². The van der Waals surface area contributed by atoms with Gasteiger partial charge < -0.3 is 13.9 Å². The third-order valence-corrected chi connectivity index (χ3v) is 1.85. The molecule has 0 saturated heterocycles. The van der Waals surface area contributed by atoms with E-state index in [9.17, 15) is 9.59 Å². The van der Waals surface area contributed by atoms with E-state index in [1.807, 2.05) is 0 Å². The Hall–Kier alpha value is -2.04. The summed E-state index contributed by atoms with van der Waals surface area (Å²) in [7, 11) is 0. The van der Waals surface area contributed by atoms with Gasteiger partial charge in [-0.2, -0.15) is 0 Å². The number of hydrogen-bond donors (Lipinski definition) is 0. The summed E-state index contributed by atoms with van der Waals surface area (Å²) in [5.41, 5.74) is -0.177. The highest BCUT2D eigenvalue weighted by Crippen LogP contribution is 2.11. The molecular weight excluding hydrogens is 224 g/mol. The first-order chi connectivity index (χ1) is 8.20. The minimum atomic E-state index is -0.720. The van der Waals surface area contributed by atoms with E-state index in [1.54, 1.807) is 19.9 Å². The predicted molar refractivity (Wildman–Crippen MR) is 59.4 cm³/mol. The second kappa shape index (κ2) is 6.52. The third kappa shape index (κ3) is 3.48. The number of ether oxygens (including phenoxy) is 2. The first-order valence-corrected chi connectivity index (χ1v) is 5.27. The molecule has 0 spiro atoms. The Kier molecular flexibility index (Phi) is 5.00. The van der Waals surface area contributed by atoms with Gasteiger partial charge in [-0.05, 0) is 26.0 Å². The molecule has 0 unspecified atom stereocenters. The van der Waals surface area contributed by atoms with E-state index >= 15 is 0 Å². The van der Waals surface area contributed by atoms with Crippen LogP contribution < -0.4 is 0 Å². The van der Waals surface area contributed by atoms with Crippen LogP contribution in [0.3, 0.4) is 0 Å². The molecule has 0 aromatic carbocycles. The molecule has 1 rings (SSSR count). The minimum Gasteiger partial charge on any atom is -0.500 e. The van der Waals surface area contributed by atoms with Gasteiger partial charge in [0.1, 0.15) is 11.8 Å². The molecular formula is C12H14O5. The molecule has 92 valence electrons. The second-order valence-electron chi connectivity index (χ2n) is 3.01. The Bertz CT molecular complexity index is 403. The van der Waals surface area contributed by atoms with Crippen LogP contribution in [0.4, 0.5) is 0 Å². The van der Waals surface area contributed by atoms with Crippen LogP contribution in [-0.2, 0) is 14.3 Å². The molecule has 1 heterocycles. The Labute approximate surface area is 99.0 Å². The number of Topliss-reactive ketones (excluding diaryl/α,β-unsaturated/α-hetero) is 1. The maximum Gasteiger partial charge on any atom is 0.345 e. The molecule has 0 saturated carbocycles. The monoisotopic (exact) mass is 238 g/mol. The van der Waals surface area contributed by atoms with E-state index in [0.717, 1.165) is 6.26 Å². The van der Waals surface area contributed by atoms with Crippen LogP contribution in [0.15, 0.2) is 34.6 Å². The number of furan rings is 1. The van der Waals surface area contributed by atoms with Gasteiger partial charge >= 0.3 is 5.97 Å².